The molecule has 0 unspecified atom stereocenters. The van der Waals surface area contributed by atoms with Gasteiger partial charge in [-0.15, -0.1) is 0 Å². The number of likely N-dealkylation sites (tertiary alicyclic amines) is 1. The highest BCUT2D eigenvalue weighted by Gasteiger charge is 2.34. The first-order valence-electron chi connectivity index (χ1n) is 7.27. The monoisotopic (exact) mass is 309 g/mol. The summed E-state index contributed by atoms with van der Waals surface area (Å²) in [7, 11) is 0. The minimum absolute atomic E-state index is 0.232. The standard InChI is InChI=1S/C16H24ClN3O/c1-15(2,3)21-14(18)20-9-7-16(19,8-10-20)12-5-4-6-13(17)11-12/h4-6,11,18H,7-10,19H2,1-3H3. The number of ether oxygens (including phenoxy) is 1. The average Bonchev–Trinajstić information content (AvgIpc) is 2.37. The van der Waals surface area contributed by atoms with Crippen LogP contribution in [0.25, 0.3) is 0 Å². The van der Waals surface area contributed by atoms with Crippen molar-refractivity contribution in [2.45, 2.75) is 44.8 Å². The predicted octanol–water partition coefficient (Wildman–Crippen LogP) is 3.34. The molecule has 0 atom stereocenters. The Balaban J connectivity index is 2.01. The molecule has 1 saturated heterocycles. The molecule has 1 aliphatic rings. The SMILES string of the molecule is CC(C)(C)OC(=N)N1CCC(N)(c2cccc(Cl)c2)CC1. The predicted molar refractivity (Wildman–Crippen MR) is 86.7 cm³/mol. The van der Waals surface area contributed by atoms with Crippen LogP contribution in [0.1, 0.15) is 39.2 Å². The number of halogens is 1. The number of amidine groups is 1. The summed E-state index contributed by atoms with van der Waals surface area (Å²) >= 11 is 6.06. The first kappa shape index (κ1) is 16.1. The summed E-state index contributed by atoms with van der Waals surface area (Å²) in [6, 6.07) is 7.99. The largest absolute Gasteiger partial charge is 0.460 e. The minimum atomic E-state index is -0.372. The second-order valence-electron chi connectivity index (χ2n) is 6.67. The maximum Gasteiger partial charge on any atom is 0.284 e. The quantitative estimate of drug-likeness (QED) is 0.618. The smallest absolute Gasteiger partial charge is 0.284 e. The Kier molecular flexibility index (Phi) is 4.49. The third kappa shape index (κ3) is 4.11. The highest BCUT2D eigenvalue weighted by atomic mass is 35.5. The second-order valence-corrected chi connectivity index (χ2v) is 7.11. The number of nitrogens with zero attached hydrogens (tertiary/aromatic N) is 1. The van der Waals surface area contributed by atoms with E-state index in [0.717, 1.165) is 31.5 Å². The van der Waals surface area contributed by atoms with Crippen LogP contribution in [0.4, 0.5) is 0 Å². The van der Waals surface area contributed by atoms with Gasteiger partial charge in [0.25, 0.3) is 6.02 Å². The summed E-state index contributed by atoms with van der Waals surface area (Å²) in [6.07, 6.45) is 1.56. The van der Waals surface area contributed by atoms with E-state index in [0.29, 0.717) is 5.02 Å². The molecule has 0 radical (unpaired) electrons. The number of piperidine rings is 1. The Morgan fingerprint density at radius 1 is 1.33 bits per heavy atom. The summed E-state index contributed by atoms with van der Waals surface area (Å²) < 4.78 is 5.62. The molecule has 1 fully saturated rings. The fourth-order valence-electron chi connectivity index (χ4n) is 2.55. The third-order valence-corrected chi connectivity index (χ3v) is 3.98. The van der Waals surface area contributed by atoms with E-state index in [9.17, 15) is 0 Å². The Morgan fingerprint density at radius 3 is 2.48 bits per heavy atom. The van der Waals surface area contributed by atoms with Gasteiger partial charge < -0.3 is 15.4 Å². The molecule has 0 spiro atoms. The van der Waals surface area contributed by atoms with Gasteiger partial charge in [-0.1, -0.05) is 23.7 Å². The molecule has 0 aromatic heterocycles. The van der Waals surface area contributed by atoms with Gasteiger partial charge >= 0.3 is 0 Å². The molecule has 0 aliphatic carbocycles. The van der Waals surface area contributed by atoms with Gasteiger partial charge in [0.1, 0.15) is 5.60 Å². The van der Waals surface area contributed by atoms with Crippen LogP contribution in [0.3, 0.4) is 0 Å². The number of nitrogens with two attached hydrogens (primary N) is 1. The van der Waals surface area contributed by atoms with Gasteiger partial charge in [0.2, 0.25) is 0 Å². The van der Waals surface area contributed by atoms with E-state index in [4.69, 9.17) is 27.5 Å². The Hall–Kier alpha value is -1.26. The zero-order chi connectivity index (χ0) is 15.7. The molecule has 1 aromatic rings. The maximum absolute atomic E-state index is 8.05. The van der Waals surface area contributed by atoms with Gasteiger partial charge in [0, 0.05) is 23.7 Å². The molecule has 21 heavy (non-hydrogen) atoms. The van der Waals surface area contributed by atoms with Gasteiger partial charge in [0.15, 0.2) is 0 Å². The van der Waals surface area contributed by atoms with Gasteiger partial charge in [-0.3, -0.25) is 5.41 Å². The molecule has 5 heteroatoms. The lowest BCUT2D eigenvalue weighted by Gasteiger charge is -2.41. The van der Waals surface area contributed by atoms with Crippen molar-refractivity contribution in [3.8, 4) is 0 Å². The van der Waals surface area contributed by atoms with Gasteiger partial charge in [-0.25, -0.2) is 0 Å². The van der Waals surface area contributed by atoms with E-state index < -0.39 is 0 Å². The lowest BCUT2D eigenvalue weighted by Crippen LogP contribution is -2.50. The fraction of sp³-hybridized carbons (Fsp3) is 0.562. The van der Waals surface area contributed by atoms with Crippen LogP contribution in [0.5, 0.6) is 0 Å². The molecule has 116 valence electrons. The summed E-state index contributed by atoms with van der Waals surface area (Å²) in [5.74, 6) is 0. The minimum Gasteiger partial charge on any atom is -0.460 e. The molecule has 4 nitrogen and oxygen atoms in total. The van der Waals surface area contributed by atoms with Crippen molar-refractivity contribution in [3.63, 3.8) is 0 Å². The molecule has 1 aromatic carbocycles. The normalized spacial score (nSPS) is 18.4. The lowest BCUT2D eigenvalue weighted by molar-refractivity contribution is 0.0742. The van der Waals surface area contributed by atoms with Crippen molar-refractivity contribution in [2.75, 3.05) is 13.1 Å². The highest BCUT2D eigenvalue weighted by molar-refractivity contribution is 6.30. The Bertz CT molecular complexity index is 516. The van der Waals surface area contributed by atoms with E-state index in [1.54, 1.807) is 0 Å². The summed E-state index contributed by atoms with van der Waals surface area (Å²) in [6.45, 7) is 7.29. The molecule has 0 bridgehead atoms. The van der Waals surface area contributed by atoms with Crippen LogP contribution >= 0.6 is 11.6 Å². The number of hydrogen-bond donors (Lipinski definition) is 2. The van der Waals surface area contributed by atoms with Crippen LogP contribution < -0.4 is 5.73 Å². The molecule has 0 saturated carbocycles. The van der Waals surface area contributed by atoms with Crippen molar-refractivity contribution >= 4 is 17.6 Å². The molecular formula is C16H24ClN3O. The molecule has 1 aliphatic heterocycles. The van der Waals surface area contributed by atoms with E-state index in [2.05, 4.69) is 0 Å². The summed E-state index contributed by atoms with van der Waals surface area (Å²) in [4.78, 5) is 1.95. The highest BCUT2D eigenvalue weighted by Crippen LogP contribution is 2.32. The summed E-state index contributed by atoms with van der Waals surface area (Å²) in [5, 5.41) is 8.76. The summed E-state index contributed by atoms with van der Waals surface area (Å²) in [5.41, 5.74) is 6.89. The number of rotatable bonds is 1. The van der Waals surface area contributed by atoms with Gasteiger partial charge in [-0.05, 0) is 51.3 Å². The molecule has 3 N–H and O–H groups in total. The zero-order valence-corrected chi connectivity index (χ0v) is 13.7. The number of nitrogens with one attached hydrogen (secondary N) is 1. The first-order valence-corrected chi connectivity index (χ1v) is 7.65. The van der Waals surface area contributed by atoms with Crippen LogP contribution in [0.2, 0.25) is 5.02 Å². The van der Waals surface area contributed by atoms with Crippen molar-refractivity contribution in [3.05, 3.63) is 34.9 Å². The van der Waals surface area contributed by atoms with Crippen LogP contribution in [-0.2, 0) is 10.3 Å². The maximum atomic E-state index is 8.05. The lowest BCUT2D eigenvalue weighted by atomic mass is 9.82. The Morgan fingerprint density at radius 2 is 1.95 bits per heavy atom. The van der Waals surface area contributed by atoms with Gasteiger partial charge in [0.05, 0.1) is 0 Å². The van der Waals surface area contributed by atoms with E-state index >= 15 is 0 Å². The average molecular weight is 310 g/mol. The van der Waals surface area contributed by atoms with Gasteiger partial charge in [-0.2, -0.15) is 0 Å². The van der Waals surface area contributed by atoms with Crippen molar-refractivity contribution in [1.82, 2.24) is 4.90 Å². The van der Waals surface area contributed by atoms with E-state index in [1.807, 2.05) is 49.9 Å². The van der Waals surface area contributed by atoms with E-state index in [-0.39, 0.29) is 17.2 Å². The van der Waals surface area contributed by atoms with E-state index in [1.165, 1.54) is 0 Å². The zero-order valence-electron chi connectivity index (χ0n) is 12.9. The third-order valence-electron chi connectivity index (χ3n) is 3.75. The fourth-order valence-corrected chi connectivity index (χ4v) is 2.74. The van der Waals surface area contributed by atoms with Crippen molar-refractivity contribution in [1.29, 1.82) is 5.41 Å². The molecule has 2 rings (SSSR count). The topological polar surface area (TPSA) is 62.3 Å². The van der Waals surface area contributed by atoms with Crippen LogP contribution in [0, 0.1) is 5.41 Å². The molecule has 0 amide bonds. The Labute approximate surface area is 131 Å². The first-order chi connectivity index (χ1) is 9.70. The van der Waals surface area contributed by atoms with Crippen molar-refractivity contribution in [2.24, 2.45) is 5.73 Å². The molecular weight excluding hydrogens is 286 g/mol. The number of hydrogen-bond acceptors (Lipinski definition) is 3. The molecule has 1 heterocycles. The second kappa shape index (κ2) is 5.85. The van der Waals surface area contributed by atoms with Crippen LogP contribution in [0.15, 0.2) is 24.3 Å². The van der Waals surface area contributed by atoms with Crippen LogP contribution in [-0.4, -0.2) is 29.6 Å². The van der Waals surface area contributed by atoms with Crippen molar-refractivity contribution < 1.29 is 4.74 Å². The number of benzene rings is 1.